The van der Waals surface area contributed by atoms with Crippen LogP contribution in [-0.4, -0.2) is 22.2 Å². The number of carbonyl (C=O) groups is 2. The number of carboxylic acids is 2. The summed E-state index contributed by atoms with van der Waals surface area (Å²) in [5, 5.41) is 15.6. The van der Waals surface area contributed by atoms with Crippen molar-refractivity contribution in [1.29, 1.82) is 0 Å². The van der Waals surface area contributed by atoms with Gasteiger partial charge in [-0.1, -0.05) is 0 Å². The van der Waals surface area contributed by atoms with E-state index in [0.717, 1.165) is 0 Å². The third-order valence-corrected chi connectivity index (χ3v) is 0.368. The molecule has 46 valence electrons. The van der Waals surface area contributed by atoms with E-state index >= 15 is 0 Å². The van der Waals surface area contributed by atoms with E-state index in [-0.39, 0.29) is 27.3 Å². The van der Waals surface area contributed by atoms with Gasteiger partial charge in [0.15, 0.2) is 0 Å². The van der Waals surface area contributed by atoms with Crippen LogP contribution in [-0.2, 0) is 36.9 Å². The van der Waals surface area contributed by atoms with Crippen molar-refractivity contribution in [2.24, 2.45) is 0 Å². The van der Waals surface area contributed by atoms with Crippen LogP contribution in [0.3, 0.4) is 0 Å². The minimum Gasteiger partial charge on any atom is -0.478 e. The Bertz CT molecular complexity index is 124. The van der Waals surface area contributed by atoms with Crippen LogP contribution in [0.25, 0.3) is 0 Å². The minimum atomic E-state index is -1.26. The molecule has 0 heterocycles. The summed E-state index contributed by atoms with van der Waals surface area (Å²) in [4.78, 5) is 19.1. The van der Waals surface area contributed by atoms with E-state index in [4.69, 9.17) is 10.2 Å². The summed E-state index contributed by atoms with van der Waals surface area (Å²) in [5.74, 6) is -2.51. The molecule has 0 aliphatic rings. The average molecular weight is 228 g/mol. The summed E-state index contributed by atoms with van der Waals surface area (Å²) in [6, 6.07) is 0. The Morgan fingerprint density at radius 3 is 1.33 bits per heavy atom. The van der Waals surface area contributed by atoms with Crippen LogP contribution in [0.5, 0.6) is 0 Å². The van der Waals surface area contributed by atoms with Gasteiger partial charge >= 0.3 is 11.9 Å². The molecule has 0 fully saturated rings. The zero-order chi connectivity index (χ0) is 6.57. The van der Waals surface area contributed by atoms with Gasteiger partial charge in [0.05, 0.1) is 0 Å². The minimum absolute atomic E-state index is 0. The molecule has 0 unspecified atom stereocenters. The second-order valence-electron chi connectivity index (χ2n) is 1.01. The van der Waals surface area contributed by atoms with Crippen LogP contribution in [0.4, 0.5) is 0 Å². The molecule has 9 heavy (non-hydrogen) atoms. The van der Waals surface area contributed by atoms with Crippen molar-refractivity contribution in [2.45, 2.75) is 0 Å². The van der Waals surface area contributed by atoms with Crippen LogP contribution >= 0.6 is 0 Å². The van der Waals surface area contributed by atoms with E-state index in [0.29, 0.717) is 12.2 Å². The molecular weight excluding hydrogens is 224 g/mol. The quantitative estimate of drug-likeness (QED) is 0.503. The molecule has 0 spiro atoms. The van der Waals surface area contributed by atoms with Gasteiger partial charge in [-0.25, -0.2) is 9.59 Å². The fourth-order valence-corrected chi connectivity index (χ4v) is 0.143. The van der Waals surface area contributed by atoms with Crippen molar-refractivity contribution < 1.29 is 47.1 Å². The molecule has 0 aliphatic heterocycles. The van der Waals surface area contributed by atoms with Gasteiger partial charge in [-0.15, -0.1) is 0 Å². The van der Waals surface area contributed by atoms with Crippen molar-refractivity contribution in [1.82, 2.24) is 0 Å². The molecule has 0 rings (SSSR count). The Hall–Kier alpha value is -0.398. The number of rotatable bonds is 2. The summed E-state index contributed by atoms with van der Waals surface area (Å²) in [7, 11) is 0. The molecule has 0 radical (unpaired) electrons. The van der Waals surface area contributed by atoms with Crippen LogP contribution in [0, 0.1) is 0 Å². The second-order valence-corrected chi connectivity index (χ2v) is 1.01. The largest absolute Gasteiger partial charge is 0.478 e. The molecule has 0 amide bonds. The van der Waals surface area contributed by atoms with E-state index in [2.05, 4.69) is 0 Å². The molecular formula is C4H4CdO4. The summed E-state index contributed by atoms with van der Waals surface area (Å²) >= 11 is 0. The maximum absolute atomic E-state index is 9.55. The monoisotopic (exact) mass is 230 g/mol. The fraction of sp³-hybridized carbons (Fsp3) is 0. The van der Waals surface area contributed by atoms with Gasteiger partial charge in [0.2, 0.25) is 0 Å². The normalized spacial score (nSPS) is 8.44. The predicted molar refractivity (Wildman–Crippen MR) is 24.4 cm³/mol. The number of hydrogen-bond donors (Lipinski definition) is 2. The molecule has 4 nitrogen and oxygen atoms in total. The standard InChI is InChI=1S/C4H4O4.Cd/c5-3(6)1-2-4(7)8;/h1-2H,(H,5,6)(H,7,8);/b2-1-;. The van der Waals surface area contributed by atoms with Gasteiger partial charge in [-0.3, -0.25) is 0 Å². The van der Waals surface area contributed by atoms with E-state index < -0.39 is 11.9 Å². The van der Waals surface area contributed by atoms with Gasteiger partial charge in [-0.05, 0) is 0 Å². The molecule has 2 N–H and O–H groups in total. The molecule has 0 aromatic rings. The summed E-state index contributed by atoms with van der Waals surface area (Å²) in [6.07, 6.45) is 1.12. The number of carboxylic acid groups (broad SMARTS) is 2. The Morgan fingerprint density at radius 1 is 1.00 bits per heavy atom. The average Bonchev–Trinajstić information content (AvgIpc) is 1.61. The van der Waals surface area contributed by atoms with E-state index in [9.17, 15) is 9.59 Å². The molecule has 0 aromatic carbocycles. The van der Waals surface area contributed by atoms with Gasteiger partial charge in [0.25, 0.3) is 0 Å². The first-order chi connectivity index (χ1) is 3.63. The molecule has 0 aromatic heterocycles. The van der Waals surface area contributed by atoms with Crippen LogP contribution in [0.15, 0.2) is 12.2 Å². The van der Waals surface area contributed by atoms with Gasteiger partial charge in [-0.2, -0.15) is 0 Å². The summed E-state index contributed by atoms with van der Waals surface area (Å²) in [5.41, 5.74) is 0. The second kappa shape index (κ2) is 5.73. The molecule has 5 heteroatoms. The van der Waals surface area contributed by atoms with Crippen LogP contribution in [0.1, 0.15) is 0 Å². The molecule has 0 aliphatic carbocycles. The molecule has 0 saturated heterocycles. The van der Waals surface area contributed by atoms with Gasteiger partial charge in [0, 0.05) is 39.5 Å². The Balaban J connectivity index is 0. The topological polar surface area (TPSA) is 74.6 Å². The van der Waals surface area contributed by atoms with Crippen molar-refractivity contribution in [3.05, 3.63) is 12.2 Å². The van der Waals surface area contributed by atoms with Crippen LogP contribution in [0.2, 0.25) is 0 Å². The van der Waals surface area contributed by atoms with E-state index in [1.807, 2.05) is 0 Å². The maximum atomic E-state index is 9.55. The summed E-state index contributed by atoms with van der Waals surface area (Å²) < 4.78 is 0. The van der Waals surface area contributed by atoms with Crippen molar-refractivity contribution >= 4 is 11.9 Å². The fourth-order valence-electron chi connectivity index (χ4n) is 0.143. The van der Waals surface area contributed by atoms with Crippen molar-refractivity contribution in [3.8, 4) is 0 Å². The smallest absolute Gasteiger partial charge is 0.328 e. The Morgan fingerprint density at radius 2 is 1.22 bits per heavy atom. The Labute approximate surface area is 71.3 Å². The third-order valence-electron chi connectivity index (χ3n) is 0.368. The van der Waals surface area contributed by atoms with E-state index in [1.165, 1.54) is 0 Å². The summed E-state index contributed by atoms with van der Waals surface area (Å²) in [6.45, 7) is 0. The molecule has 0 saturated carbocycles. The zero-order valence-electron chi connectivity index (χ0n) is 4.57. The maximum Gasteiger partial charge on any atom is 0.328 e. The first-order valence-corrected chi connectivity index (χ1v) is 1.77. The SMILES string of the molecule is O=C(O)/C=C\C(=O)O.[Cd]. The van der Waals surface area contributed by atoms with Crippen LogP contribution < -0.4 is 0 Å². The zero-order valence-corrected chi connectivity index (χ0v) is 8.61. The first-order valence-electron chi connectivity index (χ1n) is 1.77. The number of aliphatic carboxylic acids is 2. The predicted octanol–water partition coefficient (Wildman–Crippen LogP) is -0.291. The molecule has 0 atom stereocenters. The van der Waals surface area contributed by atoms with Crippen molar-refractivity contribution in [2.75, 3.05) is 0 Å². The Kier molecular flexibility index (Phi) is 7.27. The first kappa shape index (κ1) is 11.4. The third kappa shape index (κ3) is 11.3. The van der Waals surface area contributed by atoms with Gasteiger partial charge < -0.3 is 10.2 Å². The van der Waals surface area contributed by atoms with E-state index in [1.54, 1.807) is 0 Å². The number of hydrogen-bond acceptors (Lipinski definition) is 2. The van der Waals surface area contributed by atoms with Crippen molar-refractivity contribution in [3.63, 3.8) is 0 Å². The van der Waals surface area contributed by atoms with Gasteiger partial charge in [0.1, 0.15) is 0 Å². The molecule has 0 bridgehead atoms.